The van der Waals surface area contributed by atoms with E-state index in [1.165, 1.54) is 19.2 Å². The number of ether oxygens (including phenoxy) is 3. The Balaban J connectivity index is 1.73. The summed E-state index contributed by atoms with van der Waals surface area (Å²) in [6, 6.07) is 13.5. The van der Waals surface area contributed by atoms with E-state index in [-0.39, 0.29) is 12.2 Å². The molecule has 3 aromatic rings. The molecule has 0 saturated heterocycles. The lowest BCUT2D eigenvalue weighted by Gasteiger charge is -2.37. The van der Waals surface area contributed by atoms with Gasteiger partial charge >= 0.3 is 6.18 Å². The minimum absolute atomic E-state index is 0.0230. The normalized spacial score (nSPS) is 15.3. The maximum atomic E-state index is 13.5. The summed E-state index contributed by atoms with van der Waals surface area (Å²) in [5, 5.41) is 0. The monoisotopic (exact) mass is 499 g/mol. The number of aryl methyl sites for hydroxylation is 2. The Morgan fingerprint density at radius 3 is 2.28 bits per heavy atom. The second-order valence-electron chi connectivity index (χ2n) is 8.88. The van der Waals surface area contributed by atoms with Crippen molar-refractivity contribution in [1.29, 1.82) is 0 Å². The van der Waals surface area contributed by atoms with Crippen molar-refractivity contribution in [3.05, 3.63) is 88.0 Å². The Hall–Kier alpha value is -3.68. The van der Waals surface area contributed by atoms with E-state index >= 15 is 0 Å². The van der Waals surface area contributed by atoms with E-state index in [1.54, 1.807) is 12.0 Å². The van der Waals surface area contributed by atoms with Crippen molar-refractivity contribution in [2.24, 2.45) is 0 Å². The van der Waals surface area contributed by atoms with Crippen molar-refractivity contribution < 1.29 is 32.2 Å². The highest BCUT2D eigenvalue weighted by molar-refractivity contribution is 5.95. The number of nitrogens with zero attached hydrogens (tertiary/aromatic N) is 1. The molecule has 190 valence electrons. The van der Waals surface area contributed by atoms with Crippen LogP contribution in [0.25, 0.3) is 0 Å². The molecule has 5 nitrogen and oxygen atoms in total. The lowest BCUT2D eigenvalue weighted by molar-refractivity contribution is -0.137. The van der Waals surface area contributed by atoms with Crippen LogP contribution in [-0.2, 0) is 12.6 Å². The number of halogens is 3. The van der Waals surface area contributed by atoms with Crippen molar-refractivity contribution in [1.82, 2.24) is 4.90 Å². The molecule has 0 bridgehead atoms. The number of fused-ring (bicyclic) bond motifs is 1. The molecule has 0 fully saturated rings. The van der Waals surface area contributed by atoms with Gasteiger partial charge in [-0.2, -0.15) is 13.2 Å². The minimum atomic E-state index is -4.54. The molecule has 1 aliphatic heterocycles. The SMILES string of the molecule is COc1cc2c(cc1OC)C(COc1cc(C)cc(C)c1)N(C(=O)c1cccc(C(F)(F)F)c1)CC2. The van der Waals surface area contributed by atoms with Crippen LogP contribution in [0.1, 0.15) is 44.2 Å². The minimum Gasteiger partial charge on any atom is -0.493 e. The predicted octanol–water partition coefficient (Wildman–Crippen LogP) is 6.16. The predicted molar refractivity (Wildman–Crippen MR) is 130 cm³/mol. The van der Waals surface area contributed by atoms with E-state index < -0.39 is 23.7 Å². The van der Waals surface area contributed by atoms with Crippen LogP contribution in [-0.4, -0.2) is 38.2 Å². The summed E-state index contributed by atoms with van der Waals surface area (Å²) >= 11 is 0. The third kappa shape index (κ3) is 5.27. The first kappa shape index (κ1) is 25.4. The maximum Gasteiger partial charge on any atom is 0.416 e. The Bertz CT molecular complexity index is 1250. The molecule has 3 aromatic carbocycles. The fourth-order valence-corrected chi connectivity index (χ4v) is 4.64. The number of hydrogen-bond acceptors (Lipinski definition) is 4. The highest BCUT2D eigenvalue weighted by Gasteiger charge is 2.35. The van der Waals surface area contributed by atoms with Crippen LogP contribution < -0.4 is 14.2 Å². The second-order valence-corrected chi connectivity index (χ2v) is 8.88. The molecule has 4 rings (SSSR count). The topological polar surface area (TPSA) is 48.0 Å². The number of amides is 1. The molecule has 0 spiro atoms. The van der Waals surface area contributed by atoms with Crippen LogP contribution in [0.4, 0.5) is 13.2 Å². The van der Waals surface area contributed by atoms with Crippen molar-refractivity contribution in [3.63, 3.8) is 0 Å². The van der Waals surface area contributed by atoms with Gasteiger partial charge in [-0.1, -0.05) is 12.1 Å². The number of hydrogen-bond donors (Lipinski definition) is 0. The molecule has 1 heterocycles. The average Bonchev–Trinajstić information content (AvgIpc) is 2.84. The third-order valence-electron chi connectivity index (χ3n) is 6.30. The molecule has 0 N–H and O–H groups in total. The molecule has 1 amide bonds. The number of carbonyl (C=O) groups excluding carboxylic acids is 1. The van der Waals surface area contributed by atoms with Gasteiger partial charge < -0.3 is 19.1 Å². The highest BCUT2D eigenvalue weighted by Crippen LogP contribution is 2.39. The van der Waals surface area contributed by atoms with Crippen LogP contribution in [0.5, 0.6) is 17.2 Å². The van der Waals surface area contributed by atoms with Gasteiger partial charge in [0.15, 0.2) is 11.5 Å². The summed E-state index contributed by atoms with van der Waals surface area (Å²) in [5.74, 6) is 1.24. The van der Waals surface area contributed by atoms with E-state index in [9.17, 15) is 18.0 Å². The second kappa shape index (κ2) is 10.1. The summed E-state index contributed by atoms with van der Waals surface area (Å²) in [6.45, 7) is 4.38. The van der Waals surface area contributed by atoms with Crippen molar-refractivity contribution in [3.8, 4) is 17.2 Å². The van der Waals surface area contributed by atoms with Gasteiger partial charge in [0.05, 0.1) is 25.8 Å². The van der Waals surface area contributed by atoms with Gasteiger partial charge in [0.1, 0.15) is 12.4 Å². The summed E-state index contributed by atoms with van der Waals surface area (Å²) < 4.78 is 57.0. The Morgan fingerprint density at radius 1 is 0.972 bits per heavy atom. The van der Waals surface area contributed by atoms with E-state index in [0.29, 0.717) is 30.2 Å². The zero-order chi connectivity index (χ0) is 26.0. The molecule has 0 saturated carbocycles. The van der Waals surface area contributed by atoms with Crippen molar-refractivity contribution in [2.45, 2.75) is 32.5 Å². The van der Waals surface area contributed by atoms with Gasteiger partial charge in [-0.15, -0.1) is 0 Å². The van der Waals surface area contributed by atoms with Gasteiger partial charge in [0.25, 0.3) is 5.91 Å². The van der Waals surface area contributed by atoms with Gasteiger partial charge in [-0.05, 0) is 85.0 Å². The number of benzene rings is 3. The summed E-state index contributed by atoms with van der Waals surface area (Å²) in [7, 11) is 3.08. The summed E-state index contributed by atoms with van der Waals surface area (Å²) in [5.41, 5.74) is 2.97. The largest absolute Gasteiger partial charge is 0.493 e. The van der Waals surface area contributed by atoms with Crippen LogP contribution in [0, 0.1) is 13.8 Å². The fraction of sp³-hybridized carbons (Fsp3) is 0.321. The molecule has 1 aliphatic rings. The molecular formula is C28H28F3NO4. The van der Waals surface area contributed by atoms with Crippen LogP contribution >= 0.6 is 0 Å². The lowest BCUT2D eigenvalue weighted by Crippen LogP contribution is -2.42. The molecule has 1 atom stereocenters. The molecule has 0 radical (unpaired) electrons. The van der Waals surface area contributed by atoms with Crippen molar-refractivity contribution in [2.75, 3.05) is 27.4 Å². The van der Waals surface area contributed by atoms with Gasteiger partial charge in [0.2, 0.25) is 0 Å². The Kier molecular flexibility index (Phi) is 7.15. The maximum absolute atomic E-state index is 13.5. The quantitative estimate of drug-likeness (QED) is 0.408. The number of methoxy groups -OCH3 is 2. The summed E-state index contributed by atoms with van der Waals surface area (Å²) in [6.07, 6.45) is -4.03. The Morgan fingerprint density at radius 2 is 1.64 bits per heavy atom. The number of alkyl halides is 3. The van der Waals surface area contributed by atoms with Gasteiger partial charge in [0, 0.05) is 12.1 Å². The van der Waals surface area contributed by atoms with E-state index in [1.807, 2.05) is 44.2 Å². The van der Waals surface area contributed by atoms with Gasteiger partial charge in [-0.3, -0.25) is 4.79 Å². The first-order valence-corrected chi connectivity index (χ1v) is 11.5. The molecule has 0 aliphatic carbocycles. The molecule has 8 heteroatoms. The summed E-state index contributed by atoms with van der Waals surface area (Å²) in [4.78, 5) is 15.1. The standard InChI is InChI=1S/C28H28F3NO4/c1-17-10-18(2)12-22(11-17)36-16-24-23-15-26(35-4)25(34-3)14-19(23)8-9-32(24)27(33)20-6-5-7-21(13-20)28(29,30)31/h5-7,10-15,24H,8-9,16H2,1-4H3. The zero-order valence-corrected chi connectivity index (χ0v) is 20.6. The average molecular weight is 500 g/mol. The highest BCUT2D eigenvalue weighted by atomic mass is 19.4. The molecular weight excluding hydrogens is 471 g/mol. The van der Waals surface area contributed by atoms with Crippen LogP contribution in [0.15, 0.2) is 54.6 Å². The van der Waals surface area contributed by atoms with Crippen molar-refractivity contribution >= 4 is 5.91 Å². The van der Waals surface area contributed by atoms with Crippen LogP contribution in [0.3, 0.4) is 0 Å². The first-order chi connectivity index (χ1) is 17.1. The smallest absolute Gasteiger partial charge is 0.416 e. The number of carbonyl (C=O) groups is 1. The first-order valence-electron chi connectivity index (χ1n) is 11.5. The van der Waals surface area contributed by atoms with E-state index in [0.717, 1.165) is 34.4 Å². The zero-order valence-electron chi connectivity index (χ0n) is 20.6. The van der Waals surface area contributed by atoms with Crippen LogP contribution in [0.2, 0.25) is 0 Å². The molecule has 1 unspecified atom stereocenters. The fourth-order valence-electron chi connectivity index (χ4n) is 4.64. The third-order valence-corrected chi connectivity index (χ3v) is 6.30. The Labute approximate surface area is 208 Å². The van der Waals surface area contributed by atoms with E-state index in [4.69, 9.17) is 14.2 Å². The molecule has 36 heavy (non-hydrogen) atoms. The number of rotatable bonds is 6. The molecule has 0 aromatic heterocycles. The van der Waals surface area contributed by atoms with Gasteiger partial charge in [-0.25, -0.2) is 0 Å². The lowest BCUT2D eigenvalue weighted by atomic mass is 9.91. The van der Waals surface area contributed by atoms with E-state index in [2.05, 4.69) is 0 Å².